The number of benzene rings is 2. The molecule has 3 fully saturated rings. The first-order valence-electron chi connectivity index (χ1n) is 15.1. The standard InChI is InChI=1S/C30H35N6O9P/c1-17(26(38)40-3)35-46(39,44-20-12-8-10-18-9-4-5-11-19(18)20)41-15-21-23-29(2,45-30(43-23)13-6-7-14-30)27(42-21)36-16-32-22-24(36)33-28(31)34-25(22)37/h4-5,8-12,16-17,21,23,27H,6-7,13-15H2,1-3H3,(H,35,39)(H3,31,33,34,37)/t17-,21+,23-,27+,29?,46?/m0/s1. The van der Waals surface area contributed by atoms with Crippen LogP contribution in [0.15, 0.2) is 53.6 Å². The second-order valence-electron chi connectivity index (χ2n) is 12.0. The Morgan fingerprint density at radius 1 is 1.24 bits per heavy atom. The highest BCUT2D eigenvalue weighted by Crippen LogP contribution is 2.56. The van der Waals surface area contributed by atoms with Crippen LogP contribution in [0.25, 0.3) is 21.9 Å². The lowest BCUT2D eigenvalue weighted by atomic mass is 9.96. The van der Waals surface area contributed by atoms with Crippen molar-refractivity contribution in [1.82, 2.24) is 24.6 Å². The summed E-state index contributed by atoms with van der Waals surface area (Å²) in [4.78, 5) is 35.9. The molecule has 16 heteroatoms. The highest BCUT2D eigenvalue weighted by Gasteiger charge is 2.67. The minimum absolute atomic E-state index is 0.0768. The van der Waals surface area contributed by atoms with Gasteiger partial charge in [-0.15, -0.1) is 0 Å². The molecule has 4 aromatic rings. The molecule has 7 rings (SSSR count). The van der Waals surface area contributed by atoms with Gasteiger partial charge in [-0.05, 0) is 38.1 Å². The Hall–Kier alpha value is -3.85. The van der Waals surface area contributed by atoms with Crippen molar-refractivity contribution < 1.29 is 37.4 Å². The first-order valence-corrected chi connectivity index (χ1v) is 16.6. The maximum Gasteiger partial charge on any atom is 0.459 e. The van der Waals surface area contributed by atoms with Gasteiger partial charge >= 0.3 is 13.7 Å². The smallest absolute Gasteiger partial charge is 0.459 e. The van der Waals surface area contributed by atoms with E-state index in [0.29, 0.717) is 24.0 Å². The summed E-state index contributed by atoms with van der Waals surface area (Å²) in [5.74, 6) is -1.27. The van der Waals surface area contributed by atoms with Crippen molar-refractivity contribution in [3.63, 3.8) is 0 Å². The van der Waals surface area contributed by atoms with E-state index in [1.54, 1.807) is 16.7 Å². The first-order chi connectivity index (χ1) is 22.0. The largest absolute Gasteiger partial charge is 0.468 e. The van der Waals surface area contributed by atoms with Crippen LogP contribution in [-0.4, -0.2) is 68.8 Å². The third-order valence-corrected chi connectivity index (χ3v) is 10.4. The fraction of sp³-hybridized carbons (Fsp3) is 0.467. The number of imidazole rings is 1. The van der Waals surface area contributed by atoms with Crippen molar-refractivity contribution in [1.29, 1.82) is 0 Å². The summed E-state index contributed by atoms with van der Waals surface area (Å²) in [5.41, 5.74) is 4.59. The number of nitrogen functional groups attached to an aromatic ring is 1. The van der Waals surface area contributed by atoms with Crippen molar-refractivity contribution in [2.45, 2.75) is 75.4 Å². The van der Waals surface area contributed by atoms with Crippen LogP contribution in [0.2, 0.25) is 0 Å². The maximum absolute atomic E-state index is 14.4. The number of rotatable bonds is 9. The Balaban J connectivity index is 1.22. The van der Waals surface area contributed by atoms with E-state index in [0.717, 1.165) is 18.2 Å². The van der Waals surface area contributed by atoms with Gasteiger partial charge in [-0.25, -0.2) is 9.55 Å². The van der Waals surface area contributed by atoms with Crippen LogP contribution in [0.1, 0.15) is 45.8 Å². The third-order valence-electron chi connectivity index (χ3n) is 8.80. The Labute approximate surface area is 263 Å². The zero-order valence-corrected chi connectivity index (χ0v) is 26.4. The zero-order valence-electron chi connectivity index (χ0n) is 25.5. The molecule has 4 N–H and O–H groups in total. The van der Waals surface area contributed by atoms with E-state index in [4.69, 9.17) is 33.7 Å². The molecule has 2 aliphatic heterocycles. The Morgan fingerprint density at radius 2 is 2.00 bits per heavy atom. The lowest BCUT2D eigenvalue weighted by molar-refractivity contribution is -0.231. The topological polar surface area (TPSA) is 191 Å². The summed E-state index contributed by atoms with van der Waals surface area (Å²) in [6.07, 6.45) is 2.31. The number of H-pyrrole nitrogens is 1. The molecule has 244 valence electrons. The van der Waals surface area contributed by atoms with Crippen LogP contribution in [-0.2, 0) is 32.8 Å². The lowest BCUT2D eigenvalue weighted by Crippen LogP contribution is -2.42. The highest BCUT2D eigenvalue weighted by molar-refractivity contribution is 7.52. The second kappa shape index (κ2) is 11.4. The molecule has 4 heterocycles. The van der Waals surface area contributed by atoms with Gasteiger partial charge in [0.1, 0.15) is 29.6 Å². The number of methoxy groups -OCH3 is 1. The average molecular weight is 655 g/mol. The van der Waals surface area contributed by atoms with Gasteiger partial charge in [0.25, 0.3) is 5.56 Å². The van der Waals surface area contributed by atoms with Crippen LogP contribution in [0.4, 0.5) is 5.95 Å². The molecule has 2 unspecified atom stereocenters. The molecule has 46 heavy (non-hydrogen) atoms. The minimum Gasteiger partial charge on any atom is -0.468 e. The Bertz CT molecular complexity index is 1900. The fourth-order valence-corrected chi connectivity index (χ4v) is 8.21. The second-order valence-corrected chi connectivity index (χ2v) is 13.7. The number of nitrogens with two attached hydrogens (primary N) is 1. The van der Waals surface area contributed by atoms with E-state index in [1.165, 1.54) is 20.4 Å². The quantitative estimate of drug-likeness (QED) is 0.176. The SMILES string of the molecule is COC(=O)[C@H](C)NP(=O)(OC[C@H]1O[C@@H](n2cnc3c(=O)[nH]c(N)nc32)C2(C)OC3(CCCC3)O[C@@H]12)Oc1cccc2ccccc12. The number of anilines is 1. The van der Waals surface area contributed by atoms with E-state index in [2.05, 4.69) is 20.0 Å². The van der Waals surface area contributed by atoms with E-state index in [9.17, 15) is 14.2 Å². The number of carbonyl (C=O) groups is 1. The Kier molecular flexibility index (Phi) is 7.66. The maximum atomic E-state index is 14.4. The zero-order chi connectivity index (χ0) is 32.3. The number of nitrogens with one attached hydrogen (secondary N) is 2. The molecular formula is C30H35N6O9P. The number of fused-ring (bicyclic) bond motifs is 3. The van der Waals surface area contributed by atoms with E-state index >= 15 is 0 Å². The van der Waals surface area contributed by atoms with E-state index < -0.39 is 55.1 Å². The molecule has 2 aromatic carbocycles. The summed E-state index contributed by atoms with van der Waals surface area (Å²) >= 11 is 0. The molecule has 0 amide bonds. The number of aromatic amines is 1. The highest BCUT2D eigenvalue weighted by atomic mass is 31.2. The summed E-state index contributed by atoms with van der Waals surface area (Å²) in [7, 11) is -3.03. The van der Waals surface area contributed by atoms with Crippen molar-refractivity contribution >= 4 is 41.6 Å². The van der Waals surface area contributed by atoms with Crippen LogP contribution >= 0.6 is 7.75 Å². The summed E-state index contributed by atoms with van der Waals surface area (Å²) in [5, 5.41) is 4.28. The number of hydrogen-bond acceptors (Lipinski definition) is 12. The summed E-state index contributed by atoms with van der Waals surface area (Å²) < 4.78 is 52.8. The van der Waals surface area contributed by atoms with E-state index in [1.807, 2.05) is 37.3 Å². The van der Waals surface area contributed by atoms with Crippen molar-refractivity contribution in [3.8, 4) is 5.75 Å². The summed E-state index contributed by atoms with van der Waals surface area (Å²) in [6, 6.07) is 11.8. The molecule has 6 atom stereocenters. The molecule has 1 aliphatic carbocycles. The molecule has 15 nitrogen and oxygen atoms in total. The molecular weight excluding hydrogens is 619 g/mol. The molecule has 1 spiro atoms. The number of ether oxygens (including phenoxy) is 4. The van der Waals surface area contributed by atoms with Gasteiger partial charge in [0.05, 0.1) is 20.0 Å². The van der Waals surface area contributed by atoms with Gasteiger partial charge in [-0.3, -0.25) is 23.7 Å². The fourth-order valence-electron chi connectivity index (χ4n) is 6.69. The van der Waals surface area contributed by atoms with Gasteiger partial charge in [0, 0.05) is 18.2 Å². The van der Waals surface area contributed by atoms with Crippen molar-refractivity contribution in [2.24, 2.45) is 0 Å². The minimum atomic E-state index is -4.27. The predicted octanol–water partition coefficient (Wildman–Crippen LogP) is 3.55. The molecule has 2 aromatic heterocycles. The van der Waals surface area contributed by atoms with Crippen LogP contribution in [0.3, 0.4) is 0 Å². The average Bonchev–Trinajstić information content (AvgIpc) is 3.78. The number of esters is 1. The first kappa shape index (κ1) is 30.8. The lowest BCUT2D eigenvalue weighted by Gasteiger charge is -2.31. The van der Waals surface area contributed by atoms with E-state index in [-0.39, 0.29) is 23.7 Å². The monoisotopic (exact) mass is 654 g/mol. The molecule has 1 saturated carbocycles. The third kappa shape index (κ3) is 5.26. The van der Waals surface area contributed by atoms with Crippen molar-refractivity contribution in [3.05, 3.63) is 59.1 Å². The molecule has 2 saturated heterocycles. The van der Waals surface area contributed by atoms with Crippen LogP contribution in [0.5, 0.6) is 5.75 Å². The number of hydrogen-bond donors (Lipinski definition) is 3. The van der Waals surface area contributed by atoms with Gasteiger partial charge in [-0.2, -0.15) is 10.1 Å². The van der Waals surface area contributed by atoms with Gasteiger partial charge in [0.15, 0.2) is 23.2 Å². The predicted molar refractivity (Wildman–Crippen MR) is 165 cm³/mol. The normalized spacial score (nSPS) is 27.2. The molecule has 0 bridgehead atoms. The van der Waals surface area contributed by atoms with Crippen molar-refractivity contribution in [2.75, 3.05) is 19.5 Å². The summed E-state index contributed by atoms with van der Waals surface area (Å²) in [6.45, 7) is 3.08. The van der Waals surface area contributed by atoms with Gasteiger partial charge < -0.3 is 29.2 Å². The van der Waals surface area contributed by atoms with Gasteiger partial charge in [-0.1, -0.05) is 36.4 Å². The number of carbonyl (C=O) groups excluding carboxylic acids is 1. The number of nitrogens with zero attached hydrogens (tertiary/aromatic N) is 3. The molecule has 3 aliphatic rings. The van der Waals surface area contributed by atoms with Crippen LogP contribution < -0.4 is 20.9 Å². The Morgan fingerprint density at radius 3 is 2.78 bits per heavy atom. The van der Waals surface area contributed by atoms with Crippen LogP contribution in [0, 0.1) is 0 Å². The molecule has 0 radical (unpaired) electrons. The number of aromatic nitrogens is 4. The van der Waals surface area contributed by atoms with Gasteiger partial charge in [0.2, 0.25) is 5.95 Å².